The topological polar surface area (TPSA) is 49.7 Å². The third kappa shape index (κ3) is 11.1. The Hall–Kier alpha value is -4.14. The molecule has 0 aromatic heterocycles. The van der Waals surface area contributed by atoms with E-state index in [0.29, 0.717) is 11.3 Å². The van der Waals surface area contributed by atoms with Crippen molar-refractivity contribution in [2.75, 3.05) is 13.2 Å². The molecule has 0 spiro atoms. The Morgan fingerprint density at radius 1 is 0.852 bits per heavy atom. The molecule has 128 valence electrons. The molecule has 0 saturated heterocycles. The minimum Gasteiger partial charge on any atom is -0.491 e. The van der Waals surface area contributed by atoms with Crippen LogP contribution in [0.5, 0.6) is 5.75 Å². The lowest BCUT2D eigenvalue weighted by atomic mass is 10.2. The van der Waals surface area contributed by atoms with Crippen molar-refractivity contribution in [1.29, 1.82) is 0 Å². The summed E-state index contributed by atoms with van der Waals surface area (Å²) in [7, 11) is 0. The number of hydrogen-bond acceptors (Lipinski definition) is 3. The maximum Gasteiger partial charge on any atom is 0.120 e. The van der Waals surface area contributed by atoms with E-state index in [1.54, 1.807) is 31.2 Å². The summed E-state index contributed by atoms with van der Waals surface area (Å²) in [5.74, 6) is 36.7. The van der Waals surface area contributed by atoms with Gasteiger partial charge in [-0.3, -0.25) is 0 Å². The third-order valence-corrected chi connectivity index (χ3v) is 2.51. The fourth-order valence-electron chi connectivity index (χ4n) is 1.39. The predicted octanol–water partition coefficient (Wildman–Crippen LogP) is 0.810. The highest BCUT2D eigenvalue weighted by molar-refractivity contribution is 5.47. The van der Waals surface area contributed by atoms with Crippen LogP contribution in [-0.2, 0) is 0 Å². The minimum atomic E-state index is -0.915. The summed E-state index contributed by atoms with van der Waals surface area (Å²) >= 11 is 0. The molecule has 27 heavy (non-hydrogen) atoms. The van der Waals surface area contributed by atoms with Gasteiger partial charge < -0.3 is 14.9 Å². The first-order valence-electron chi connectivity index (χ1n) is 7.71. The fraction of sp³-hybridized carbons (Fsp3) is 0.167. The molecule has 1 rings (SSSR count). The molecule has 0 fully saturated rings. The van der Waals surface area contributed by atoms with E-state index in [2.05, 4.69) is 82.9 Å². The summed E-state index contributed by atoms with van der Waals surface area (Å²) in [5, 5.41) is 18.0. The molecule has 1 aromatic carbocycles. The molecule has 2 N–H and O–H groups in total. The highest BCUT2D eigenvalue weighted by Crippen LogP contribution is 2.12. The Morgan fingerprint density at radius 2 is 1.41 bits per heavy atom. The van der Waals surface area contributed by atoms with Crippen molar-refractivity contribution >= 4 is 0 Å². The van der Waals surface area contributed by atoms with E-state index in [1.807, 2.05) is 0 Å². The molecule has 1 atom stereocenters. The first-order chi connectivity index (χ1) is 13.3. The molecule has 0 amide bonds. The van der Waals surface area contributed by atoms with Crippen LogP contribution in [0.15, 0.2) is 24.3 Å². The first kappa shape index (κ1) is 20.9. The molecular formula is C24H14O3. The third-order valence-electron chi connectivity index (χ3n) is 2.51. The fourth-order valence-corrected chi connectivity index (χ4v) is 1.39. The molecule has 0 bridgehead atoms. The summed E-state index contributed by atoms with van der Waals surface area (Å²) in [6, 6.07) is 7.02. The highest BCUT2D eigenvalue weighted by atomic mass is 16.5. The molecule has 0 aliphatic carbocycles. The summed E-state index contributed by atoms with van der Waals surface area (Å²) in [5.41, 5.74) is 0.706. The van der Waals surface area contributed by atoms with E-state index >= 15 is 0 Å². The SMILES string of the molecule is CC#CC#CC#CC#CC#CC#CC#Cc1cccc(OCC(O)CO)c1. The van der Waals surface area contributed by atoms with Crippen molar-refractivity contribution in [2.45, 2.75) is 13.0 Å². The van der Waals surface area contributed by atoms with Crippen LogP contribution in [0, 0.1) is 82.9 Å². The van der Waals surface area contributed by atoms with Crippen molar-refractivity contribution in [3.8, 4) is 88.6 Å². The van der Waals surface area contributed by atoms with Crippen LogP contribution >= 0.6 is 0 Å². The molecule has 1 unspecified atom stereocenters. The van der Waals surface area contributed by atoms with Gasteiger partial charge in [0.2, 0.25) is 0 Å². The van der Waals surface area contributed by atoms with Crippen LogP contribution in [0.4, 0.5) is 0 Å². The number of benzene rings is 1. The molecule has 0 radical (unpaired) electrons. The number of rotatable bonds is 4. The van der Waals surface area contributed by atoms with Gasteiger partial charge in [-0.25, -0.2) is 0 Å². The highest BCUT2D eigenvalue weighted by Gasteiger charge is 2.02. The van der Waals surface area contributed by atoms with Crippen LogP contribution in [0.2, 0.25) is 0 Å². The average Bonchev–Trinajstić information content (AvgIpc) is 2.70. The quantitative estimate of drug-likeness (QED) is 0.791. The van der Waals surface area contributed by atoms with E-state index in [1.165, 1.54) is 0 Å². The van der Waals surface area contributed by atoms with Gasteiger partial charge in [0.25, 0.3) is 0 Å². The van der Waals surface area contributed by atoms with Gasteiger partial charge in [-0.05, 0) is 96.2 Å². The molecular weight excluding hydrogens is 336 g/mol. The van der Waals surface area contributed by atoms with E-state index in [4.69, 9.17) is 9.84 Å². The van der Waals surface area contributed by atoms with Gasteiger partial charge in [-0.2, -0.15) is 0 Å². The van der Waals surface area contributed by atoms with Gasteiger partial charge >= 0.3 is 0 Å². The lowest BCUT2D eigenvalue weighted by Gasteiger charge is -2.09. The standard InChI is InChI=1S/C24H14O3/c1-2-3-4-5-6-7-8-9-10-11-12-13-14-16-22-17-15-18-24(19-22)27-21-23(26)20-25/h15,17-19,23,25-26H,20-21H2,1H3. The maximum absolute atomic E-state index is 9.26. The lowest BCUT2D eigenvalue weighted by Crippen LogP contribution is -2.21. The zero-order chi connectivity index (χ0) is 19.6. The second kappa shape index (κ2) is 14.2. The molecule has 0 saturated carbocycles. The number of aliphatic hydroxyl groups excluding tert-OH is 2. The van der Waals surface area contributed by atoms with Gasteiger partial charge in [0, 0.05) is 5.56 Å². The van der Waals surface area contributed by atoms with Crippen molar-refractivity contribution in [2.24, 2.45) is 0 Å². The maximum atomic E-state index is 9.26. The minimum absolute atomic E-state index is 0.00754. The molecule has 1 aromatic rings. The van der Waals surface area contributed by atoms with Gasteiger partial charge in [0.05, 0.1) is 6.61 Å². The Morgan fingerprint density at radius 3 is 1.96 bits per heavy atom. The molecule has 0 heterocycles. The van der Waals surface area contributed by atoms with Crippen LogP contribution in [0.25, 0.3) is 0 Å². The molecule has 3 heteroatoms. The van der Waals surface area contributed by atoms with Crippen LogP contribution in [0.1, 0.15) is 12.5 Å². The number of ether oxygens (including phenoxy) is 1. The summed E-state index contributed by atoms with van der Waals surface area (Å²) < 4.78 is 5.34. The molecule has 0 aliphatic heterocycles. The molecule has 0 aliphatic rings. The van der Waals surface area contributed by atoms with E-state index < -0.39 is 6.10 Å². The Labute approximate surface area is 160 Å². The smallest absolute Gasteiger partial charge is 0.120 e. The van der Waals surface area contributed by atoms with E-state index in [9.17, 15) is 5.11 Å². The second-order valence-corrected chi connectivity index (χ2v) is 4.55. The first-order valence-corrected chi connectivity index (χ1v) is 7.71. The van der Waals surface area contributed by atoms with E-state index in [0.717, 1.165) is 0 Å². The molecule has 3 nitrogen and oxygen atoms in total. The summed E-state index contributed by atoms with van der Waals surface area (Å²) in [4.78, 5) is 0. The Balaban J connectivity index is 2.57. The van der Waals surface area contributed by atoms with Gasteiger partial charge in [0.1, 0.15) is 18.5 Å². The van der Waals surface area contributed by atoms with Crippen molar-refractivity contribution < 1.29 is 14.9 Å². The monoisotopic (exact) mass is 350 g/mol. The summed E-state index contributed by atoms with van der Waals surface area (Å²) in [6.07, 6.45) is -0.915. The van der Waals surface area contributed by atoms with Gasteiger partial charge in [0.15, 0.2) is 0 Å². The van der Waals surface area contributed by atoms with Gasteiger partial charge in [-0.15, -0.1) is 0 Å². The average molecular weight is 350 g/mol. The lowest BCUT2D eigenvalue weighted by molar-refractivity contribution is 0.0536. The zero-order valence-electron chi connectivity index (χ0n) is 14.6. The van der Waals surface area contributed by atoms with Crippen molar-refractivity contribution in [1.82, 2.24) is 0 Å². The van der Waals surface area contributed by atoms with E-state index in [-0.39, 0.29) is 13.2 Å². The zero-order valence-corrected chi connectivity index (χ0v) is 14.6. The number of aliphatic hydroxyl groups is 2. The summed E-state index contributed by atoms with van der Waals surface area (Å²) in [6.45, 7) is 1.35. The van der Waals surface area contributed by atoms with Crippen LogP contribution in [-0.4, -0.2) is 29.5 Å². The Kier molecular flexibility index (Phi) is 11.0. The number of hydrogen-bond donors (Lipinski definition) is 2. The largest absolute Gasteiger partial charge is 0.491 e. The second-order valence-electron chi connectivity index (χ2n) is 4.55. The predicted molar refractivity (Wildman–Crippen MR) is 104 cm³/mol. The van der Waals surface area contributed by atoms with Crippen molar-refractivity contribution in [3.63, 3.8) is 0 Å². The Bertz CT molecular complexity index is 1080. The van der Waals surface area contributed by atoms with Crippen molar-refractivity contribution in [3.05, 3.63) is 29.8 Å². The van der Waals surface area contributed by atoms with Crippen LogP contribution < -0.4 is 4.74 Å². The van der Waals surface area contributed by atoms with Gasteiger partial charge in [-0.1, -0.05) is 17.9 Å². The normalized spacial score (nSPS) is 8.11. The van der Waals surface area contributed by atoms with Crippen LogP contribution in [0.3, 0.4) is 0 Å².